The number of rotatable bonds is 5. The second-order valence-corrected chi connectivity index (χ2v) is 5.95. The molecule has 1 aliphatic rings. The number of ether oxygens (including phenoxy) is 1. The Morgan fingerprint density at radius 3 is 2.79 bits per heavy atom. The molecular formula is C15H21Cl2NO. The lowest BCUT2D eigenvalue weighted by Gasteiger charge is -2.31. The number of halogens is 2. The largest absolute Gasteiger partial charge is 0.380 e. The van der Waals surface area contributed by atoms with Gasteiger partial charge in [-0.25, -0.2) is 0 Å². The van der Waals surface area contributed by atoms with Crippen molar-refractivity contribution in [1.82, 2.24) is 5.32 Å². The topological polar surface area (TPSA) is 21.3 Å². The fourth-order valence-corrected chi connectivity index (χ4v) is 3.23. The van der Waals surface area contributed by atoms with E-state index in [4.69, 9.17) is 27.9 Å². The van der Waals surface area contributed by atoms with Crippen LogP contribution in [0.15, 0.2) is 18.2 Å². The summed E-state index contributed by atoms with van der Waals surface area (Å²) < 4.78 is 5.54. The summed E-state index contributed by atoms with van der Waals surface area (Å²) in [7, 11) is 1.81. The van der Waals surface area contributed by atoms with Gasteiger partial charge in [0.25, 0.3) is 0 Å². The SMILES string of the molecule is CO[C@H]1CCCC[C@@H]1NCCc1ccc(Cl)cc1Cl. The fourth-order valence-electron chi connectivity index (χ4n) is 2.73. The van der Waals surface area contributed by atoms with Crippen molar-refractivity contribution in [3.63, 3.8) is 0 Å². The molecule has 4 heteroatoms. The average molecular weight is 302 g/mol. The van der Waals surface area contributed by atoms with Gasteiger partial charge < -0.3 is 10.1 Å². The van der Waals surface area contributed by atoms with E-state index in [9.17, 15) is 0 Å². The summed E-state index contributed by atoms with van der Waals surface area (Å²) in [4.78, 5) is 0. The van der Waals surface area contributed by atoms with Crippen LogP contribution in [0.4, 0.5) is 0 Å². The monoisotopic (exact) mass is 301 g/mol. The highest BCUT2D eigenvalue weighted by atomic mass is 35.5. The lowest BCUT2D eigenvalue weighted by atomic mass is 9.92. The van der Waals surface area contributed by atoms with Crippen LogP contribution in [0.2, 0.25) is 10.0 Å². The van der Waals surface area contributed by atoms with Crippen molar-refractivity contribution in [2.45, 2.75) is 44.2 Å². The van der Waals surface area contributed by atoms with E-state index in [-0.39, 0.29) is 0 Å². The van der Waals surface area contributed by atoms with Crippen LogP contribution in [-0.4, -0.2) is 25.8 Å². The molecule has 0 spiro atoms. The third-order valence-electron chi connectivity index (χ3n) is 3.82. The molecule has 0 heterocycles. The zero-order valence-corrected chi connectivity index (χ0v) is 12.8. The van der Waals surface area contributed by atoms with E-state index in [0.29, 0.717) is 17.2 Å². The third-order valence-corrected chi connectivity index (χ3v) is 4.41. The molecule has 2 nitrogen and oxygen atoms in total. The van der Waals surface area contributed by atoms with Crippen LogP contribution in [-0.2, 0) is 11.2 Å². The Bertz CT molecular complexity index is 411. The van der Waals surface area contributed by atoms with E-state index in [0.717, 1.165) is 30.0 Å². The molecule has 1 saturated carbocycles. The van der Waals surface area contributed by atoms with Crippen molar-refractivity contribution in [2.24, 2.45) is 0 Å². The highest BCUT2D eigenvalue weighted by Gasteiger charge is 2.23. The number of hydrogen-bond donors (Lipinski definition) is 1. The van der Waals surface area contributed by atoms with Gasteiger partial charge in [0.15, 0.2) is 0 Å². The van der Waals surface area contributed by atoms with Crippen LogP contribution < -0.4 is 5.32 Å². The van der Waals surface area contributed by atoms with Gasteiger partial charge in [0, 0.05) is 23.2 Å². The van der Waals surface area contributed by atoms with Crippen LogP contribution in [0, 0.1) is 0 Å². The molecule has 0 saturated heterocycles. The highest BCUT2D eigenvalue weighted by Crippen LogP contribution is 2.22. The Morgan fingerprint density at radius 1 is 1.26 bits per heavy atom. The van der Waals surface area contributed by atoms with Crippen LogP contribution >= 0.6 is 23.2 Å². The molecule has 1 aromatic rings. The molecule has 1 aromatic carbocycles. The number of nitrogens with one attached hydrogen (secondary N) is 1. The zero-order valence-electron chi connectivity index (χ0n) is 11.3. The van der Waals surface area contributed by atoms with Gasteiger partial charge in [-0.1, -0.05) is 42.1 Å². The molecule has 106 valence electrons. The maximum absolute atomic E-state index is 6.17. The number of methoxy groups -OCH3 is 1. The van der Waals surface area contributed by atoms with Gasteiger partial charge in [-0.3, -0.25) is 0 Å². The van der Waals surface area contributed by atoms with E-state index in [2.05, 4.69) is 5.32 Å². The highest BCUT2D eigenvalue weighted by molar-refractivity contribution is 6.35. The van der Waals surface area contributed by atoms with E-state index in [1.165, 1.54) is 19.3 Å². The van der Waals surface area contributed by atoms with Gasteiger partial charge in [0.05, 0.1) is 6.10 Å². The summed E-state index contributed by atoms with van der Waals surface area (Å²) in [6.45, 7) is 0.922. The standard InChI is InChI=1S/C15H21Cl2NO/c1-19-15-5-3-2-4-14(15)18-9-8-11-6-7-12(16)10-13(11)17/h6-7,10,14-15,18H,2-5,8-9H2,1H3/t14-,15-/m0/s1. The van der Waals surface area contributed by atoms with E-state index >= 15 is 0 Å². The molecule has 0 unspecified atom stereocenters. The molecular weight excluding hydrogens is 281 g/mol. The van der Waals surface area contributed by atoms with Gasteiger partial charge in [-0.2, -0.15) is 0 Å². The molecule has 2 atom stereocenters. The lowest BCUT2D eigenvalue weighted by molar-refractivity contribution is 0.0421. The summed E-state index contributed by atoms with van der Waals surface area (Å²) in [5.41, 5.74) is 1.14. The molecule has 1 N–H and O–H groups in total. The van der Waals surface area contributed by atoms with Gasteiger partial charge in [0.1, 0.15) is 0 Å². The first kappa shape index (κ1) is 15.1. The summed E-state index contributed by atoms with van der Waals surface area (Å²) in [5.74, 6) is 0. The van der Waals surface area contributed by atoms with Crippen molar-refractivity contribution >= 4 is 23.2 Å². The summed E-state index contributed by atoms with van der Waals surface area (Å²) in [6.07, 6.45) is 6.21. The molecule has 0 aliphatic heterocycles. The van der Waals surface area contributed by atoms with Crippen LogP contribution in [0.1, 0.15) is 31.2 Å². The first-order valence-electron chi connectivity index (χ1n) is 6.91. The van der Waals surface area contributed by atoms with Gasteiger partial charge in [-0.15, -0.1) is 0 Å². The van der Waals surface area contributed by atoms with Crippen molar-refractivity contribution in [3.05, 3.63) is 33.8 Å². The molecule has 1 fully saturated rings. The zero-order chi connectivity index (χ0) is 13.7. The Hall–Kier alpha value is -0.280. The quantitative estimate of drug-likeness (QED) is 0.885. The van der Waals surface area contributed by atoms with Crippen LogP contribution in [0.25, 0.3) is 0 Å². The van der Waals surface area contributed by atoms with Gasteiger partial charge in [0.2, 0.25) is 0 Å². The minimum Gasteiger partial charge on any atom is -0.380 e. The van der Waals surface area contributed by atoms with Crippen molar-refractivity contribution in [2.75, 3.05) is 13.7 Å². The molecule has 0 bridgehead atoms. The summed E-state index contributed by atoms with van der Waals surface area (Å²) in [5, 5.41) is 5.04. The summed E-state index contributed by atoms with van der Waals surface area (Å²) in [6, 6.07) is 6.17. The minimum absolute atomic E-state index is 0.356. The Morgan fingerprint density at radius 2 is 2.05 bits per heavy atom. The second-order valence-electron chi connectivity index (χ2n) is 5.10. The van der Waals surface area contributed by atoms with E-state index < -0.39 is 0 Å². The maximum atomic E-state index is 6.17. The van der Waals surface area contributed by atoms with Crippen LogP contribution in [0.5, 0.6) is 0 Å². The molecule has 1 aliphatic carbocycles. The predicted octanol–water partition coefficient (Wildman–Crippen LogP) is 4.08. The molecule has 0 radical (unpaired) electrons. The first-order valence-corrected chi connectivity index (χ1v) is 7.66. The van der Waals surface area contributed by atoms with Gasteiger partial charge in [-0.05, 0) is 43.5 Å². The third kappa shape index (κ3) is 4.35. The van der Waals surface area contributed by atoms with Gasteiger partial charge >= 0.3 is 0 Å². The molecule has 0 amide bonds. The Labute approximate surface area is 125 Å². The smallest absolute Gasteiger partial charge is 0.0724 e. The minimum atomic E-state index is 0.356. The first-order chi connectivity index (χ1) is 9.20. The second kappa shape index (κ2) is 7.49. The van der Waals surface area contributed by atoms with Crippen LogP contribution in [0.3, 0.4) is 0 Å². The normalized spacial score (nSPS) is 23.5. The lowest BCUT2D eigenvalue weighted by Crippen LogP contribution is -2.43. The van der Waals surface area contributed by atoms with Crippen molar-refractivity contribution in [1.29, 1.82) is 0 Å². The van der Waals surface area contributed by atoms with E-state index in [1.54, 1.807) is 13.2 Å². The molecule has 0 aromatic heterocycles. The number of benzene rings is 1. The molecule has 19 heavy (non-hydrogen) atoms. The average Bonchev–Trinajstić information content (AvgIpc) is 2.42. The predicted molar refractivity (Wildman–Crippen MR) is 81.2 cm³/mol. The summed E-state index contributed by atoms with van der Waals surface area (Å²) >= 11 is 12.1. The fraction of sp³-hybridized carbons (Fsp3) is 0.600. The number of hydrogen-bond acceptors (Lipinski definition) is 2. The van der Waals surface area contributed by atoms with E-state index in [1.807, 2.05) is 12.1 Å². The molecule has 2 rings (SSSR count). The van der Waals surface area contributed by atoms with Crippen molar-refractivity contribution < 1.29 is 4.74 Å². The Balaban J connectivity index is 1.82. The van der Waals surface area contributed by atoms with Crippen molar-refractivity contribution in [3.8, 4) is 0 Å². The Kier molecular flexibility index (Phi) is 5.96. The maximum Gasteiger partial charge on any atom is 0.0724 e.